The number of esters is 1. The maximum Gasteiger partial charge on any atom is 0.321 e. The molecule has 0 radical (unpaired) electrons. The van der Waals surface area contributed by atoms with Crippen LogP contribution in [0.25, 0.3) is 11.0 Å². The standard InChI is InChI=1S/C26H31N3O5/c1-4-16-34-19-13-11-18(12-14-19)23-22(25(31)33-5-2)24(30)28(15-8-17-32-3)26-27-20-9-6-7-10-21(20)29(23)26/h6-7,9-14,22-23H,4-5,8,15-17H2,1-3H3. The Morgan fingerprint density at radius 3 is 2.53 bits per heavy atom. The molecule has 0 fully saturated rings. The summed E-state index contributed by atoms with van der Waals surface area (Å²) in [6, 6.07) is 14.7. The minimum Gasteiger partial charge on any atom is -0.494 e. The molecule has 2 heterocycles. The molecule has 1 aliphatic heterocycles. The van der Waals surface area contributed by atoms with Crippen LogP contribution in [-0.2, 0) is 19.1 Å². The van der Waals surface area contributed by atoms with Crippen LogP contribution < -0.4 is 9.64 Å². The zero-order valence-electron chi connectivity index (χ0n) is 19.9. The molecule has 0 saturated heterocycles. The Kier molecular flexibility index (Phi) is 7.47. The zero-order chi connectivity index (χ0) is 24.1. The summed E-state index contributed by atoms with van der Waals surface area (Å²) >= 11 is 0. The molecule has 4 rings (SSSR count). The molecule has 0 spiro atoms. The molecule has 2 atom stereocenters. The number of hydrogen-bond acceptors (Lipinski definition) is 6. The lowest BCUT2D eigenvalue weighted by atomic mass is 9.89. The highest BCUT2D eigenvalue weighted by Crippen LogP contribution is 2.41. The molecule has 2 aromatic carbocycles. The number of aromatic nitrogens is 2. The second-order valence-electron chi connectivity index (χ2n) is 8.20. The van der Waals surface area contributed by atoms with Crippen molar-refractivity contribution in [1.29, 1.82) is 0 Å². The summed E-state index contributed by atoms with van der Waals surface area (Å²) in [5.41, 5.74) is 2.43. The van der Waals surface area contributed by atoms with Crippen LogP contribution in [0.15, 0.2) is 48.5 Å². The third kappa shape index (κ3) is 4.50. The number of amides is 1. The molecule has 8 nitrogen and oxygen atoms in total. The van der Waals surface area contributed by atoms with Crippen LogP contribution in [0.2, 0.25) is 0 Å². The highest BCUT2D eigenvalue weighted by Gasteiger charge is 2.47. The number of carbonyl (C=O) groups excluding carboxylic acids is 2. The topological polar surface area (TPSA) is 82.9 Å². The Morgan fingerprint density at radius 2 is 1.82 bits per heavy atom. The number of nitrogens with zero attached hydrogens (tertiary/aromatic N) is 3. The molecule has 0 N–H and O–H groups in total. The van der Waals surface area contributed by atoms with Gasteiger partial charge >= 0.3 is 5.97 Å². The van der Waals surface area contributed by atoms with Gasteiger partial charge in [0.05, 0.1) is 30.3 Å². The summed E-state index contributed by atoms with van der Waals surface area (Å²) in [7, 11) is 1.62. The predicted molar refractivity (Wildman–Crippen MR) is 129 cm³/mol. The van der Waals surface area contributed by atoms with Crippen molar-refractivity contribution in [3.05, 3.63) is 54.1 Å². The molecule has 8 heteroatoms. The molecule has 34 heavy (non-hydrogen) atoms. The minimum atomic E-state index is -1.03. The monoisotopic (exact) mass is 465 g/mol. The summed E-state index contributed by atoms with van der Waals surface area (Å²) in [6.07, 6.45) is 1.53. The van der Waals surface area contributed by atoms with Gasteiger partial charge in [-0.2, -0.15) is 0 Å². The molecule has 3 aromatic rings. The van der Waals surface area contributed by atoms with Gasteiger partial charge in [-0.1, -0.05) is 31.2 Å². The Labute approximate surface area is 199 Å². The van der Waals surface area contributed by atoms with Gasteiger partial charge in [-0.3, -0.25) is 14.5 Å². The van der Waals surface area contributed by atoms with Crippen molar-refractivity contribution in [1.82, 2.24) is 9.55 Å². The number of ether oxygens (including phenoxy) is 3. The van der Waals surface area contributed by atoms with E-state index >= 15 is 0 Å². The maximum atomic E-state index is 13.8. The molecule has 1 aromatic heterocycles. The summed E-state index contributed by atoms with van der Waals surface area (Å²) in [4.78, 5) is 33.3. The Morgan fingerprint density at radius 1 is 1.06 bits per heavy atom. The molecular weight excluding hydrogens is 434 g/mol. The summed E-state index contributed by atoms with van der Waals surface area (Å²) in [5.74, 6) is -0.607. The van der Waals surface area contributed by atoms with Crippen LogP contribution in [0.5, 0.6) is 5.75 Å². The van der Waals surface area contributed by atoms with Crippen LogP contribution >= 0.6 is 0 Å². The van der Waals surface area contributed by atoms with Gasteiger partial charge in [0.1, 0.15) is 5.75 Å². The third-order valence-corrected chi connectivity index (χ3v) is 5.91. The lowest BCUT2D eigenvalue weighted by Crippen LogP contribution is -2.50. The fourth-order valence-electron chi connectivity index (χ4n) is 4.41. The second-order valence-corrected chi connectivity index (χ2v) is 8.20. The average molecular weight is 466 g/mol. The molecule has 2 unspecified atom stereocenters. The molecule has 1 aliphatic rings. The first-order chi connectivity index (χ1) is 16.6. The average Bonchev–Trinajstić information content (AvgIpc) is 3.23. The van der Waals surface area contributed by atoms with E-state index in [2.05, 4.69) is 6.92 Å². The number of para-hydroxylation sites is 2. The van der Waals surface area contributed by atoms with Crippen molar-refractivity contribution >= 4 is 28.9 Å². The van der Waals surface area contributed by atoms with Crippen molar-refractivity contribution < 1.29 is 23.8 Å². The predicted octanol–water partition coefficient (Wildman–Crippen LogP) is 3.98. The Bertz CT molecular complexity index is 1140. The summed E-state index contributed by atoms with van der Waals surface area (Å²) < 4.78 is 18.3. The lowest BCUT2D eigenvalue weighted by Gasteiger charge is -2.38. The first-order valence-electron chi connectivity index (χ1n) is 11.8. The van der Waals surface area contributed by atoms with Gasteiger partial charge < -0.3 is 18.8 Å². The Balaban J connectivity index is 1.86. The molecule has 0 aliphatic carbocycles. The van der Waals surface area contributed by atoms with E-state index in [9.17, 15) is 9.59 Å². The fourth-order valence-corrected chi connectivity index (χ4v) is 4.41. The first kappa shape index (κ1) is 23.8. The summed E-state index contributed by atoms with van der Waals surface area (Å²) in [5, 5.41) is 0. The molecular formula is C26H31N3O5. The van der Waals surface area contributed by atoms with Gasteiger partial charge in [-0.05, 0) is 49.6 Å². The number of carbonyl (C=O) groups is 2. The van der Waals surface area contributed by atoms with Gasteiger partial charge in [0.15, 0.2) is 5.92 Å². The number of imidazole rings is 1. The molecule has 1 amide bonds. The number of rotatable bonds is 10. The first-order valence-corrected chi connectivity index (χ1v) is 11.8. The largest absolute Gasteiger partial charge is 0.494 e. The molecule has 180 valence electrons. The highest BCUT2D eigenvalue weighted by molar-refractivity contribution is 6.08. The minimum absolute atomic E-state index is 0.195. The van der Waals surface area contributed by atoms with E-state index in [1.54, 1.807) is 18.9 Å². The van der Waals surface area contributed by atoms with Crippen LogP contribution in [0.1, 0.15) is 38.3 Å². The number of anilines is 1. The SMILES string of the molecule is CCCOc1ccc(C2C(C(=O)OCC)C(=O)N(CCCOC)c3nc4ccccc4n32)cc1. The van der Waals surface area contributed by atoms with Gasteiger partial charge in [-0.15, -0.1) is 0 Å². The smallest absolute Gasteiger partial charge is 0.321 e. The Hall–Kier alpha value is -3.39. The van der Waals surface area contributed by atoms with Crippen molar-refractivity contribution in [3.63, 3.8) is 0 Å². The van der Waals surface area contributed by atoms with Crippen molar-refractivity contribution in [2.45, 2.75) is 32.7 Å². The van der Waals surface area contributed by atoms with Crippen LogP contribution in [0, 0.1) is 5.92 Å². The normalized spacial score (nSPS) is 17.6. The van der Waals surface area contributed by atoms with Crippen molar-refractivity contribution in [2.75, 3.05) is 38.4 Å². The number of methoxy groups -OCH3 is 1. The summed E-state index contributed by atoms with van der Waals surface area (Å²) in [6.45, 7) is 5.50. The molecule has 0 saturated carbocycles. The van der Waals surface area contributed by atoms with E-state index in [1.165, 1.54) is 0 Å². The third-order valence-electron chi connectivity index (χ3n) is 5.91. The van der Waals surface area contributed by atoms with E-state index in [0.29, 0.717) is 32.1 Å². The van der Waals surface area contributed by atoms with Gasteiger partial charge in [0.25, 0.3) is 0 Å². The van der Waals surface area contributed by atoms with Gasteiger partial charge in [0.2, 0.25) is 11.9 Å². The van der Waals surface area contributed by atoms with Crippen LogP contribution in [0.3, 0.4) is 0 Å². The zero-order valence-corrected chi connectivity index (χ0v) is 19.9. The van der Waals surface area contributed by atoms with E-state index in [0.717, 1.165) is 28.8 Å². The fraction of sp³-hybridized carbons (Fsp3) is 0.423. The van der Waals surface area contributed by atoms with Crippen LogP contribution in [-0.4, -0.2) is 54.9 Å². The number of hydrogen-bond donors (Lipinski definition) is 0. The van der Waals surface area contributed by atoms with E-state index in [1.807, 2.05) is 53.1 Å². The highest BCUT2D eigenvalue weighted by atomic mass is 16.5. The van der Waals surface area contributed by atoms with Gasteiger partial charge in [0, 0.05) is 20.3 Å². The van der Waals surface area contributed by atoms with E-state index in [4.69, 9.17) is 19.2 Å². The second kappa shape index (κ2) is 10.7. The lowest BCUT2D eigenvalue weighted by molar-refractivity contribution is -0.153. The number of fused-ring (bicyclic) bond motifs is 3. The van der Waals surface area contributed by atoms with Gasteiger partial charge in [-0.25, -0.2) is 4.98 Å². The van der Waals surface area contributed by atoms with Crippen molar-refractivity contribution in [2.24, 2.45) is 5.92 Å². The molecule has 0 bridgehead atoms. The van der Waals surface area contributed by atoms with Crippen molar-refractivity contribution in [3.8, 4) is 5.75 Å². The quantitative estimate of drug-likeness (QED) is 0.256. The van der Waals surface area contributed by atoms with Crippen LogP contribution in [0.4, 0.5) is 5.95 Å². The number of benzene rings is 2. The maximum absolute atomic E-state index is 13.8. The van der Waals surface area contributed by atoms with E-state index < -0.39 is 17.9 Å². The van der Waals surface area contributed by atoms with E-state index in [-0.39, 0.29) is 12.5 Å².